The fraction of sp³-hybridized carbons (Fsp3) is 0.571. The van der Waals surface area contributed by atoms with Gasteiger partial charge in [0.15, 0.2) is 0 Å². The molecule has 4 heteroatoms. The van der Waals surface area contributed by atoms with Crippen molar-refractivity contribution in [1.82, 2.24) is 5.32 Å². The second kappa shape index (κ2) is 6.30. The van der Waals surface area contributed by atoms with Crippen LogP contribution in [0.2, 0.25) is 5.02 Å². The van der Waals surface area contributed by atoms with Crippen LogP contribution in [0.4, 0.5) is 0 Å². The van der Waals surface area contributed by atoms with Gasteiger partial charge in [-0.2, -0.15) is 0 Å². The molecule has 1 aliphatic rings. The van der Waals surface area contributed by atoms with Crippen LogP contribution in [-0.4, -0.2) is 26.8 Å². The molecule has 1 aliphatic heterocycles. The lowest BCUT2D eigenvalue weighted by molar-refractivity contribution is 0.362. The fourth-order valence-electron chi connectivity index (χ4n) is 2.53. The zero-order valence-corrected chi connectivity index (χ0v) is 11.7. The minimum Gasteiger partial charge on any atom is -0.496 e. The van der Waals surface area contributed by atoms with Crippen LogP contribution in [0.3, 0.4) is 0 Å². The summed E-state index contributed by atoms with van der Waals surface area (Å²) in [5.74, 6) is 1.59. The number of halogens is 1. The second-order valence-electron chi connectivity index (χ2n) is 4.61. The lowest BCUT2D eigenvalue weighted by Gasteiger charge is -2.25. The Bertz CT molecular complexity index is 403. The topological polar surface area (TPSA) is 30.5 Å². The summed E-state index contributed by atoms with van der Waals surface area (Å²) in [5, 5.41) is 4.18. The van der Waals surface area contributed by atoms with E-state index in [0.717, 1.165) is 30.0 Å². The molecule has 1 aromatic rings. The highest BCUT2D eigenvalue weighted by molar-refractivity contribution is 6.32. The van der Waals surface area contributed by atoms with E-state index in [1.165, 1.54) is 19.3 Å². The van der Waals surface area contributed by atoms with Crippen molar-refractivity contribution in [3.8, 4) is 11.5 Å². The highest BCUT2D eigenvalue weighted by Gasteiger charge is 2.20. The Labute approximate surface area is 113 Å². The van der Waals surface area contributed by atoms with E-state index in [-0.39, 0.29) is 0 Å². The molecular formula is C14H20ClNO2. The Morgan fingerprint density at radius 1 is 1.28 bits per heavy atom. The number of ether oxygens (including phenoxy) is 2. The molecule has 100 valence electrons. The van der Waals surface area contributed by atoms with Crippen LogP contribution in [0.1, 0.15) is 24.8 Å². The van der Waals surface area contributed by atoms with Gasteiger partial charge < -0.3 is 14.8 Å². The van der Waals surface area contributed by atoms with Crippen molar-refractivity contribution in [1.29, 1.82) is 0 Å². The van der Waals surface area contributed by atoms with Gasteiger partial charge in [0.25, 0.3) is 0 Å². The third-order valence-corrected chi connectivity index (χ3v) is 3.75. The van der Waals surface area contributed by atoms with Crippen molar-refractivity contribution < 1.29 is 9.47 Å². The minimum absolute atomic E-state index is 0.486. The number of benzene rings is 1. The normalized spacial score (nSPS) is 19.6. The molecule has 0 aliphatic carbocycles. The number of rotatable bonds is 4. The first-order chi connectivity index (χ1) is 8.76. The summed E-state index contributed by atoms with van der Waals surface area (Å²) >= 11 is 6.18. The summed E-state index contributed by atoms with van der Waals surface area (Å²) in [7, 11) is 3.33. The van der Waals surface area contributed by atoms with E-state index in [4.69, 9.17) is 21.1 Å². The molecule has 1 unspecified atom stereocenters. The van der Waals surface area contributed by atoms with E-state index in [2.05, 4.69) is 5.32 Å². The Kier molecular flexibility index (Phi) is 4.72. The molecule has 1 fully saturated rings. The van der Waals surface area contributed by atoms with E-state index in [0.29, 0.717) is 11.1 Å². The molecule has 0 spiro atoms. The lowest BCUT2D eigenvalue weighted by atomic mass is 9.96. The summed E-state index contributed by atoms with van der Waals surface area (Å²) in [6.45, 7) is 1.09. The van der Waals surface area contributed by atoms with Crippen LogP contribution < -0.4 is 14.8 Å². The molecule has 0 aromatic heterocycles. The molecule has 1 heterocycles. The predicted molar refractivity (Wildman–Crippen MR) is 73.9 cm³/mol. The highest BCUT2D eigenvalue weighted by atomic mass is 35.5. The van der Waals surface area contributed by atoms with Crippen LogP contribution in [-0.2, 0) is 6.42 Å². The average molecular weight is 270 g/mol. The summed E-state index contributed by atoms with van der Waals surface area (Å²) in [4.78, 5) is 0. The van der Waals surface area contributed by atoms with Gasteiger partial charge in [0.05, 0.1) is 19.2 Å². The van der Waals surface area contributed by atoms with Crippen LogP contribution >= 0.6 is 11.6 Å². The predicted octanol–water partition coefficient (Wildman–Crippen LogP) is 3.04. The first-order valence-corrected chi connectivity index (χ1v) is 6.76. The van der Waals surface area contributed by atoms with Gasteiger partial charge >= 0.3 is 0 Å². The number of hydrogen-bond acceptors (Lipinski definition) is 3. The van der Waals surface area contributed by atoms with E-state index in [1.807, 2.05) is 12.1 Å². The standard InChI is InChI=1S/C14H20ClNO2/c1-17-13-7-6-12(15)14(18-2)11(13)9-10-5-3-4-8-16-10/h6-7,10,16H,3-5,8-9H2,1-2H3. The monoisotopic (exact) mass is 269 g/mol. The van der Waals surface area contributed by atoms with Crippen molar-refractivity contribution in [2.75, 3.05) is 20.8 Å². The van der Waals surface area contributed by atoms with Crippen molar-refractivity contribution in [2.24, 2.45) is 0 Å². The molecule has 1 saturated heterocycles. The zero-order chi connectivity index (χ0) is 13.0. The molecule has 3 nitrogen and oxygen atoms in total. The Balaban J connectivity index is 2.25. The maximum absolute atomic E-state index is 6.18. The van der Waals surface area contributed by atoms with Crippen molar-refractivity contribution in [2.45, 2.75) is 31.7 Å². The number of hydrogen-bond donors (Lipinski definition) is 1. The summed E-state index contributed by atoms with van der Waals surface area (Å²) in [5.41, 5.74) is 1.06. The second-order valence-corrected chi connectivity index (χ2v) is 5.02. The van der Waals surface area contributed by atoms with E-state index in [1.54, 1.807) is 14.2 Å². The Hall–Kier alpha value is -0.930. The summed E-state index contributed by atoms with van der Waals surface area (Å²) in [6, 6.07) is 4.21. The molecular weight excluding hydrogens is 250 g/mol. The van der Waals surface area contributed by atoms with Gasteiger partial charge in [-0.15, -0.1) is 0 Å². The number of methoxy groups -OCH3 is 2. The molecule has 0 bridgehead atoms. The summed E-state index contributed by atoms with van der Waals surface area (Å²) < 4.78 is 10.8. The SMILES string of the molecule is COc1ccc(Cl)c(OC)c1CC1CCCCN1. The van der Waals surface area contributed by atoms with E-state index >= 15 is 0 Å². The van der Waals surface area contributed by atoms with Crippen LogP contribution in [0.5, 0.6) is 11.5 Å². The smallest absolute Gasteiger partial charge is 0.144 e. The van der Waals surface area contributed by atoms with Gasteiger partial charge in [0.1, 0.15) is 11.5 Å². The quantitative estimate of drug-likeness (QED) is 0.911. The highest BCUT2D eigenvalue weighted by Crippen LogP contribution is 2.36. The molecule has 0 saturated carbocycles. The molecule has 2 rings (SSSR count). The minimum atomic E-state index is 0.486. The average Bonchev–Trinajstić information content (AvgIpc) is 2.40. The lowest BCUT2D eigenvalue weighted by Crippen LogP contribution is -2.35. The van der Waals surface area contributed by atoms with Crippen molar-refractivity contribution in [3.05, 3.63) is 22.7 Å². The van der Waals surface area contributed by atoms with E-state index in [9.17, 15) is 0 Å². The van der Waals surface area contributed by atoms with Gasteiger partial charge in [-0.05, 0) is 37.9 Å². The molecule has 1 atom stereocenters. The first-order valence-electron chi connectivity index (χ1n) is 6.39. The number of nitrogens with one attached hydrogen (secondary N) is 1. The maximum atomic E-state index is 6.18. The van der Waals surface area contributed by atoms with Crippen LogP contribution in [0.25, 0.3) is 0 Å². The van der Waals surface area contributed by atoms with Crippen LogP contribution in [0, 0.1) is 0 Å². The van der Waals surface area contributed by atoms with Gasteiger partial charge in [-0.3, -0.25) is 0 Å². The van der Waals surface area contributed by atoms with E-state index < -0.39 is 0 Å². The fourth-order valence-corrected chi connectivity index (χ4v) is 2.79. The van der Waals surface area contributed by atoms with Gasteiger partial charge in [0.2, 0.25) is 0 Å². The Morgan fingerprint density at radius 3 is 2.72 bits per heavy atom. The Morgan fingerprint density at radius 2 is 2.11 bits per heavy atom. The largest absolute Gasteiger partial charge is 0.496 e. The summed E-state index contributed by atoms with van der Waals surface area (Å²) in [6.07, 6.45) is 4.63. The molecule has 1 aromatic carbocycles. The zero-order valence-electron chi connectivity index (χ0n) is 11.0. The third-order valence-electron chi connectivity index (χ3n) is 3.46. The third kappa shape index (κ3) is 2.90. The molecule has 0 amide bonds. The maximum Gasteiger partial charge on any atom is 0.144 e. The molecule has 0 radical (unpaired) electrons. The van der Waals surface area contributed by atoms with Gasteiger partial charge in [-0.25, -0.2) is 0 Å². The van der Waals surface area contributed by atoms with Crippen molar-refractivity contribution >= 4 is 11.6 Å². The van der Waals surface area contributed by atoms with Crippen LogP contribution in [0.15, 0.2) is 12.1 Å². The van der Waals surface area contributed by atoms with Gasteiger partial charge in [-0.1, -0.05) is 18.0 Å². The molecule has 1 N–H and O–H groups in total. The molecule has 18 heavy (non-hydrogen) atoms. The number of piperidine rings is 1. The first kappa shape index (κ1) is 13.5. The van der Waals surface area contributed by atoms with Gasteiger partial charge in [0, 0.05) is 11.6 Å². The van der Waals surface area contributed by atoms with Crippen molar-refractivity contribution in [3.63, 3.8) is 0 Å².